The predicted molar refractivity (Wildman–Crippen MR) is 119 cm³/mol. The van der Waals surface area contributed by atoms with Crippen LogP contribution in [0.3, 0.4) is 0 Å². The average Bonchev–Trinajstić information content (AvgIpc) is 3.07. The lowest BCUT2D eigenvalue weighted by atomic mass is 9.98. The summed E-state index contributed by atoms with van der Waals surface area (Å²) in [6.45, 7) is 0.486. The normalized spacial score (nSPS) is 12.6. The fourth-order valence-electron chi connectivity index (χ4n) is 3.66. The molecule has 1 N–H and O–H groups in total. The molecule has 1 amide bonds. The molecule has 6 heteroatoms. The number of carbonyl (C=O) groups is 1. The van der Waals surface area contributed by atoms with E-state index in [9.17, 15) is 9.18 Å². The van der Waals surface area contributed by atoms with E-state index in [0.717, 1.165) is 11.1 Å². The zero-order chi connectivity index (χ0) is 21.1. The third-order valence-corrected chi connectivity index (χ3v) is 5.80. The number of rotatable bonds is 5. The summed E-state index contributed by atoms with van der Waals surface area (Å²) in [7, 11) is 0. The maximum atomic E-state index is 13.6. The average molecular weight is 442 g/mol. The van der Waals surface area contributed by atoms with Crippen LogP contribution in [0.5, 0.6) is 0 Å². The Kier molecular flexibility index (Phi) is 6.07. The minimum atomic E-state index is -0.590. The molecule has 3 aromatic rings. The minimum absolute atomic E-state index is 0.0119. The molecule has 0 heterocycles. The van der Waals surface area contributed by atoms with Gasteiger partial charge < -0.3 is 10.1 Å². The summed E-state index contributed by atoms with van der Waals surface area (Å²) in [5.74, 6) is -0.578. The number of fused-ring (bicyclic) bond motifs is 3. The number of nitrogens with one attached hydrogen (secondary N) is 1. The summed E-state index contributed by atoms with van der Waals surface area (Å²) >= 11 is 11.6. The Labute approximate surface area is 184 Å². The molecule has 4 rings (SSSR count). The van der Waals surface area contributed by atoms with Crippen molar-refractivity contribution in [3.63, 3.8) is 0 Å². The Balaban J connectivity index is 1.34. The molecule has 0 aromatic heterocycles. The van der Waals surface area contributed by atoms with Crippen molar-refractivity contribution in [2.24, 2.45) is 0 Å². The minimum Gasteiger partial charge on any atom is -0.449 e. The molecule has 1 aliphatic rings. The number of hydrogen-bond acceptors (Lipinski definition) is 2. The van der Waals surface area contributed by atoms with Gasteiger partial charge in [0.05, 0.1) is 10.0 Å². The topological polar surface area (TPSA) is 38.3 Å². The van der Waals surface area contributed by atoms with Crippen LogP contribution >= 0.6 is 23.2 Å². The predicted octanol–water partition coefficient (Wildman–Crippen LogP) is 6.68. The molecule has 0 radical (unpaired) electrons. The standard InChI is InChI=1S/C24H18Cl2FNO2/c25-21-12-15(13-22(27)23(21)26)6-5-11-28-24(29)30-14-20-18-9-3-1-7-16(18)17-8-2-4-10-19(17)20/h1-10,12-13,20H,11,14H2,(H,28,29). The monoisotopic (exact) mass is 441 g/mol. The maximum Gasteiger partial charge on any atom is 0.407 e. The smallest absolute Gasteiger partial charge is 0.407 e. The fourth-order valence-corrected chi connectivity index (χ4v) is 3.98. The van der Waals surface area contributed by atoms with Gasteiger partial charge in [0.1, 0.15) is 12.4 Å². The lowest BCUT2D eigenvalue weighted by molar-refractivity contribution is 0.144. The molecular weight excluding hydrogens is 424 g/mol. The second-order valence-electron chi connectivity index (χ2n) is 6.91. The Hall–Kier alpha value is -2.82. The van der Waals surface area contributed by atoms with Crippen molar-refractivity contribution in [2.45, 2.75) is 5.92 Å². The number of amides is 1. The molecule has 0 spiro atoms. The first kappa shape index (κ1) is 20.5. The van der Waals surface area contributed by atoms with E-state index < -0.39 is 11.9 Å². The quantitative estimate of drug-likeness (QED) is 0.448. The molecule has 0 saturated heterocycles. The first-order chi connectivity index (χ1) is 14.5. The number of hydrogen-bond donors (Lipinski definition) is 1. The molecule has 1 aliphatic carbocycles. The van der Waals surface area contributed by atoms with Crippen molar-refractivity contribution in [3.05, 3.63) is 99.3 Å². The second-order valence-corrected chi connectivity index (χ2v) is 7.69. The van der Waals surface area contributed by atoms with Crippen molar-refractivity contribution in [1.29, 1.82) is 0 Å². The van der Waals surface area contributed by atoms with Gasteiger partial charge in [-0.1, -0.05) is 83.9 Å². The second kappa shape index (κ2) is 8.90. The lowest BCUT2D eigenvalue weighted by Crippen LogP contribution is -2.26. The molecule has 0 saturated carbocycles. The van der Waals surface area contributed by atoms with E-state index in [1.165, 1.54) is 17.2 Å². The largest absolute Gasteiger partial charge is 0.449 e. The first-order valence-corrected chi connectivity index (χ1v) is 10.2. The number of ether oxygens (including phenoxy) is 1. The van der Waals surface area contributed by atoms with E-state index >= 15 is 0 Å². The Morgan fingerprint density at radius 3 is 2.30 bits per heavy atom. The van der Waals surface area contributed by atoms with Crippen LogP contribution in [-0.4, -0.2) is 19.2 Å². The van der Waals surface area contributed by atoms with Crippen LogP contribution in [0.25, 0.3) is 17.2 Å². The molecule has 0 fully saturated rings. The molecular formula is C24H18Cl2FNO2. The summed E-state index contributed by atoms with van der Waals surface area (Å²) in [6, 6.07) is 19.2. The maximum absolute atomic E-state index is 13.6. The van der Waals surface area contributed by atoms with Crippen molar-refractivity contribution in [3.8, 4) is 11.1 Å². The summed E-state index contributed by atoms with van der Waals surface area (Å²) in [5, 5.41) is 2.70. The van der Waals surface area contributed by atoms with Gasteiger partial charge in [-0.15, -0.1) is 0 Å². The van der Waals surface area contributed by atoms with E-state index in [4.69, 9.17) is 27.9 Å². The van der Waals surface area contributed by atoms with Crippen molar-refractivity contribution < 1.29 is 13.9 Å². The highest BCUT2D eigenvalue weighted by molar-refractivity contribution is 6.42. The molecule has 0 aliphatic heterocycles. The van der Waals surface area contributed by atoms with Crippen molar-refractivity contribution in [1.82, 2.24) is 5.32 Å². The first-order valence-electron chi connectivity index (χ1n) is 9.44. The fraction of sp³-hybridized carbons (Fsp3) is 0.125. The third kappa shape index (κ3) is 4.20. The van der Waals surface area contributed by atoms with Crippen LogP contribution in [0.15, 0.2) is 66.7 Å². The molecule has 152 valence electrons. The highest BCUT2D eigenvalue weighted by atomic mass is 35.5. The highest BCUT2D eigenvalue weighted by Gasteiger charge is 2.28. The Bertz CT molecular complexity index is 1060. The van der Waals surface area contributed by atoms with Crippen LogP contribution < -0.4 is 5.32 Å². The highest BCUT2D eigenvalue weighted by Crippen LogP contribution is 2.44. The number of halogens is 3. The van der Waals surface area contributed by atoms with Gasteiger partial charge in [0.2, 0.25) is 0 Å². The molecule has 0 unspecified atom stereocenters. The number of carbonyl (C=O) groups excluding carboxylic acids is 1. The lowest BCUT2D eigenvalue weighted by Gasteiger charge is -2.14. The summed E-state index contributed by atoms with van der Waals surface area (Å²) in [5.41, 5.74) is 5.23. The van der Waals surface area contributed by atoms with Gasteiger partial charge >= 0.3 is 6.09 Å². The van der Waals surface area contributed by atoms with E-state index in [-0.39, 0.29) is 29.1 Å². The summed E-state index contributed by atoms with van der Waals surface area (Å²) in [4.78, 5) is 12.1. The van der Waals surface area contributed by atoms with Crippen LogP contribution in [-0.2, 0) is 4.74 Å². The summed E-state index contributed by atoms with van der Waals surface area (Å²) in [6.07, 6.45) is 2.82. The van der Waals surface area contributed by atoms with Gasteiger partial charge in [-0.25, -0.2) is 9.18 Å². The van der Waals surface area contributed by atoms with E-state index in [1.54, 1.807) is 18.2 Å². The van der Waals surface area contributed by atoms with E-state index in [2.05, 4.69) is 29.6 Å². The molecule has 30 heavy (non-hydrogen) atoms. The third-order valence-electron chi connectivity index (χ3n) is 5.02. The zero-order valence-electron chi connectivity index (χ0n) is 15.9. The van der Waals surface area contributed by atoms with Gasteiger partial charge in [0, 0.05) is 12.5 Å². The van der Waals surface area contributed by atoms with Crippen molar-refractivity contribution in [2.75, 3.05) is 13.2 Å². The van der Waals surface area contributed by atoms with Gasteiger partial charge in [0.25, 0.3) is 0 Å². The van der Waals surface area contributed by atoms with Gasteiger partial charge in [-0.3, -0.25) is 0 Å². The van der Waals surface area contributed by atoms with Gasteiger partial charge in [0.15, 0.2) is 0 Å². The molecule has 3 aromatic carbocycles. The summed E-state index contributed by atoms with van der Waals surface area (Å²) < 4.78 is 19.1. The van der Waals surface area contributed by atoms with E-state index in [1.807, 2.05) is 24.3 Å². The van der Waals surface area contributed by atoms with Crippen molar-refractivity contribution >= 4 is 35.4 Å². The zero-order valence-corrected chi connectivity index (χ0v) is 17.4. The Morgan fingerprint density at radius 1 is 1.03 bits per heavy atom. The number of alkyl carbamates (subject to hydrolysis) is 1. The van der Waals surface area contributed by atoms with E-state index in [0.29, 0.717) is 5.56 Å². The van der Waals surface area contributed by atoms with Gasteiger partial charge in [-0.05, 0) is 39.9 Å². The Morgan fingerprint density at radius 2 is 1.67 bits per heavy atom. The van der Waals surface area contributed by atoms with Crippen LogP contribution in [0.4, 0.5) is 9.18 Å². The SMILES string of the molecule is O=C(NCC=Cc1cc(F)c(Cl)c(Cl)c1)OCC1c2ccccc2-c2ccccc21. The van der Waals surface area contributed by atoms with Crippen LogP contribution in [0, 0.1) is 5.82 Å². The number of benzene rings is 3. The van der Waals surface area contributed by atoms with Crippen LogP contribution in [0.2, 0.25) is 10.0 Å². The molecule has 0 bridgehead atoms. The molecule has 0 atom stereocenters. The molecule has 3 nitrogen and oxygen atoms in total. The van der Waals surface area contributed by atoms with Crippen LogP contribution in [0.1, 0.15) is 22.6 Å². The van der Waals surface area contributed by atoms with Gasteiger partial charge in [-0.2, -0.15) is 0 Å².